The van der Waals surface area contributed by atoms with Crippen LogP contribution < -0.4 is 14.8 Å². The van der Waals surface area contributed by atoms with Gasteiger partial charge in [-0.25, -0.2) is 0 Å². The van der Waals surface area contributed by atoms with Crippen LogP contribution in [-0.2, 0) is 10.2 Å². The number of H-pyrrole nitrogens is 1. The van der Waals surface area contributed by atoms with E-state index in [1.165, 1.54) is 0 Å². The lowest BCUT2D eigenvalue weighted by atomic mass is 9.83. The Bertz CT molecular complexity index is 927. The molecule has 2 heterocycles. The summed E-state index contributed by atoms with van der Waals surface area (Å²) in [6.45, 7) is 4.06. The lowest BCUT2D eigenvalue weighted by Crippen LogP contribution is -2.34. The van der Waals surface area contributed by atoms with Crippen molar-refractivity contribution in [3.63, 3.8) is 0 Å². The van der Waals surface area contributed by atoms with Gasteiger partial charge in [0.05, 0.1) is 5.41 Å². The molecule has 5 nitrogen and oxygen atoms in total. The number of aromatic nitrogens is 1. The summed E-state index contributed by atoms with van der Waals surface area (Å²) in [6.07, 6.45) is 1.91. The third-order valence-electron chi connectivity index (χ3n) is 4.46. The van der Waals surface area contributed by atoms with Gasteiger partial charge in [-0.1, -0.05) is 18.2 Å². The number of benzene rings is 2. The summed E-state index contributed by atoms with van der Waals surface area (Å²) in [5.74, 6) is 1.27. The van der Waals surface area contributed by atoms with E-state index in [0.29, 0.717) is 17.2 Å². The molecule has 0 atom stereocenters. The second-order valence-corrected chi connectivity index (χ2v) is 6.40. The van der Waals surface area contributed by atoms with Crippen LogP contribution in [0.25, 0.3) is 10.9 Å². The highest BCUT2D eigenvalue weighted by Gasteiger charge is 2.32. The Morgan fingerprint density at radius 1 is 1.12 bits per heavy atom. The molecule has 0 saturated carbocycles. The summed E-state index contributed by atoms with van der Waals surface area (Å²) in [4.78, 5) is 16.1. The first-order valence-corrected chi connectivity index (χ1v) is 7.83. The van der Waals surface area contributed by atoms with E-state index >= 15 is 0 Å². The van der Waals surface area contributed by atoms with E-state index in [1.54, 1.807) is 12.1 Å². The van der Waals surface area contributed by atoms with Crippen LogP contribution in [-0.4, -0.2) is 17.7 Å². The van der Waals surface area contributed by atoms with Crippen molar-refractivity contribution >= 4 is 22.5 Å². The third kappa shape index (κ3) is 2.29. The van der Waals surface area contributed by atoms with Gasteiger partial charge in [-0.2, -0.15) is 0 Å². The van der Waals surface area contributed by atoms with Crippen LogP contribution in [0.4, 0.5) is 5.69 Å². The average molecular weight is 322 g/mol. The summed E-state index contributed by atoms with van der Waals surface area (Å²) in [6, 6.07) is 13.4. The van der Waals surface area contributed by atoms with Gasteiger partial charge in [-0.3, -0.25) is 4.79 Å². The summed E-state index contributed by atoms with van der Waals surface area (Å²) < 4.78 is 10.7. The first-order chi connectivity index (χ1) is 11.6. The molecule has 1 aliphatic heterocycles. The van der Waals surface area contributed by atoms with Crippen LogP contribution >= 0.6 is 0 Å². The van der Waals surface area contributed by atoms with Gasteiger partial charge in [0, 0.05) is 28.9 Å². The predicted octanol–water partition coefficient (Wildman–Crippen LogP) is 3.81. The molecule has 0 bridgehead atoms. The topological polar surface area (TPSA) is 63.4 Å². The Labute approximate surface area is 139 Å². The molecule has 0 aliphatic carbocycles. The first-order valence-electron chi connectivity index (χ1n) is 7.83. The van der Waals surface area contributed by atoms with Crippen LogP contribution in [0.3, 0.4) is 0 Å². The number of fused-ring (bicyclic) bond motifs is 2. The Morgan fingerprint density at radius 3 is 2.79 bits per heavy atom. The molecule has 0 spiro atoms. The van der Waals surface area contributed by atoms with E-state index in [2.05, 4.69) is 10.3 Å². The number of aromatic amines is 1. The number of hydrogen-bond acceptors (Lipinski definition) is 3. The zero-order valence-corrected chi connectivity index (χ0v) is 13.6. The van der Waals surface area contributed by atoms with Crippen molar-refractivity contribution in [1.29, 1.82) is 0 Å². The first kappa shape index (κ1) is 14.6. The quantitative estimate of drug-likeness (QED) is 0.770. The van der Waals surface area contributed by atoms with Crippen LogP contribution in [0.2, 0.25) is 0 Å². The van der Waals surface area contributed by atoms with Crippen molar-refractivity contribution in [3.05, 3.63) is 54.2 Å². The summed E-state index contributed by atoms with van der Waals surface area (Å²) in [5, 5.41) is 4.04. The minimum atomic E-state index is -0.685. The van der Waals surface area contributed by atoms with Crippen molar-refractivity contribution < 1.29 is 14.3 Å². The molecule has 0 fully saturated rings. The van der Waals surface area contributed by atoms with Gasteiger partial charge >= 0.3 is 0 Å². The number of ether oxygens (including phenoxy) is 2. The minimum absolute atomic E-state index is 0.0777. The Hall–Kier alpha value is -2.95. The number of carbonyl (C=O) groups excluding carboxylic acids is 1. The summed E-state index contributed by atoms with van der Waals surface area (Å²) in [5.41, 5.74) is 2.00. The van der Waals surface area contributed by atoms with E-state index in [1.807, 2.05) is 50.4 Å². The largest absolute Gasteiger partial charge is 0.454 e. The molecule has 2 aromatic carbocycles. The molecule has 24 heavy (non-hydrogen) atoms. The highest BCUT2D eigenvalue weighted by Crippen LogP contribution is 2.36. The van der Waals surface area contributed by atoms with Crippen LogP contribution in [0.15, 0.2) is 48.7 Å². The molecule has 3 aromatic rings. The van der Waals surface area contributed by atoms with Crippen molar-refractivity contribution in [2.24, 2.45) is 0 Å². The van der Waals surface area contributed by atoms with Crippen molar-refractivity contribution in [1.82, 2.24) is 4.98 Å². The molecule has 1 aliphatic rings. The van der Waals surface area contributed by atoms with Gasteiger partial charge < -0.3 is 19.8 Å². The van der Waals surface area contributed by atoms with Gasteiger partial charge in [-0.05, 0) is 37.6 Å². The third-order valence-corrected chi connectivity index (χ3v) is 4.46. The maximum atomic E-state index is 12.9. The number of amides is 1. The van der Waals surface area contributed by atoms with E-state index in [0.717, 1.165) is 16.5 Å². The fourth-order valence-electron chi connectivity index (χ4n) is 2.97. The number of rotatable bonds is 3. The second kappa shape index (κ2) is 5.30. The van der Waals surface area contributed by atoms with Crippen LogP contribution in [0, 0.1) is 0 Å². The van der Waals surface area contributed by atoms with E-state index in [-0.39, 0.29) is 12.7 Å². The predicted molar refractivity (Wildman–Crippen MR) is 92.5 cm³/mol. The zero-order valence-electron chi connectivity index (χ0n) is 13.6. The summed E-state index contributed by atoms with van der Waals surface area (Å²) in [7, 11) is 0. The number of nitrogens with one attached hydrogen (secondary N) is 2. The van der Waals surface area contributed by atoms with Gasteiger partial charge in [0.2, 0.25) is 12.7 Å². The molecule has 0 radical (unpaired) electrons. The molecular weight excluding hydrogens is 304 g/mol. The molecule has 1 aromatic heterocycles. The fraction of sp³-hybridized carbons (Fsp3) is 0.211. The summed E-state index contributed by atoms with van der Waals surface area (Å²) >= 11 is 0. The Kier molecular flexibility index (Phi) is 3.23. The van der Waals surface area contributed by atoms with E-state index in [9.17, 15) is 4.79 Å². The Morgan fingerprint density at radius 2 is 1.92 bits per heavy atom. The number of anilines is 1. The Balaban J connectivity index is 1.63. The van der Waals surface area contributed by atoms with Crippen molar-refractivity contribution in [2.45, 2.75) is 19.3 Å². The second-order valence-electron chi connectivity index (χ2n) is 6.40. The van der Waals surface area contributed by atoms with Crippen molar-refractivity contribution in [3.8, 4) is 11.5 Å². The minimum Gasteiger partial charge on any atom is -0.454 e. The average Bonchev–Trinajstić information content (AvgIpc) is 3.21. The van der Waals surface area contributed by atoms with Crippen LogP contribution in [0.1, 0.15) is 19.4 Å². The molecule has 0 saturated heterocycles. The highest BCUT2D eigenvalue weighted by molar-refractivity contribution is 6.02. The molecule has 1 amide bonds. The number of carbonyl (C=O) groups is 1. The van der Waals surface area contributed by atoms with Gasteiger partial charge in [-0.15, -0.1) is 0 Å². The van der Waals surface area contributed by atoms with Crippen molar-refractivity contribution in [2.75, 3.05) is 12.1 Å². The van der Waals surface area contributed by atoms with Gasteiger partial charge in [0.25, 0.3) is 0 Å². The molecule has 2 N–H and O–H groups in total. The lowest BCUT2D eigenvalue weighted by Gasteiger charge is -2.23. The molecule has 5 heteroatoms. The van der Waals surface area contributed by atoms with E-state index < -0.39 is 5.41 Å². The lowest BCUT2D eigenvalue weighted by molar-refractivity contribution is -0.120. The molecular formula is C19H18N2O3. The number of para-hydroxylation sites is 1. The molecule has 122 valence electrons. The normalized spacial score (nSPS) is 13.2. The number of hydrogen-bond donors (Lipinski definition) is 2. The highest BCUT2D eigenvalue weighted by atomic mass is 16.7. The van der Waals surface area contributed by atoms with Gasteiger partial charge in [0.1, 0.15) is 0 Å². The standard InChI is InChI=1S/C19H18N2O3/c1-19(2,14-10-20-15-6-4-3-5-13(14)15)18(22)21-12-7-8-16-17(9-12)24-11-23-16/h3-10,20H,11H2,1-2H3,(H,21,22). The maximum absolute atomic E-state index is 12.9. The molecule has 0 unspecified atom stereocenters. The van der Waals surface area contributed by atoms with Crippen LogP contribution in [0.5, 0.6) is 11.5 Å². The molecule has 4 rings (SSSR count). The van der Waals surface area contributed by atoms with Gasteiger partial charge in [0.15, 0.2) is 11.5 Å². The maximum Gasteiger partial charge on any atom is 0.234 e. The zero-order chi connectivity index (χ0) is 16.7. The monoisotopic (exact) mass is 322 g/mol. The smallest absolute Gasteiger partial charge is 0.234 e. The fourth-order valence-corrected chi connectivity index (χ4v) is 2.97. The van der Waals surface area contributed by atoms with E-state index in [4.69, 9.17) is 9.47 Å². The SMILES string of the molecule is CC(C)(C(=O)Nc1ccc2c(c1)OCO2)c1c[nH]c2ccccc12.